The van der Waals surface area contributed by atoms with Gasteiger partial charge in [-0.15, -0.1) is 0 Å². The molecule has 0 aromatic heterocycles. The molecule has 2 aliphatic carbocycles. The average Bonchev–Trinajstić information content (AvgIpc) is 3.69. The fraction of sp³-hybridized carbons (Fsp3) is 0.647. The average molecular weight is 640 g/mol. The number of likely N-dealkylation sites (tertiary alicyclic amines) is 1. The zero-order valence-corrected chi connectivity index (χ0v) is 27.4. The molecule has 0 spiro atoms. The zero-order chi connectivity index (χ0) is 33.6. The predicted molar refractivity (Wildman–Crippen MR) is 170 cm³/mol. The first-order valence-electron chi connectivity index (χ1n) is 16.5. The molecule has 1 aromatic carbocycles. The van der Waals surface area contributed by atoms with Crippen molar-refractivity contribution in [2.24, 2.45) is 17.1 Å². The number of Topliss-reactive ketones (excluding diaryl/α,β-unsaturated/α-hetero) is 1. The quantitative estimate of drug-likeness (QED) is 0.201. The van der Waals surface area contributed by atoms with Gasteiger partial charge in [-0.25, -0.2) is 9.59 Å². The number of ketones is 1. The van der Waals surface area contributed by atoms with Gasteiger partial charge in [0.15, 0.2) is 0 Å². The number of esters is 1. The summed E-state index contributed by atoms with van der Waals surface area (Å²) in [6, 6.07) is 5.76. The van der Waals surface area contributed by atoms with Crippen LogP contribution in [0.3, 0.4) is 0 Å². The van der Waals surface area contributed by atoms with Gasteiger partial charge in [0, 0.05) is 6.54 Å². The van der Waals surface area contributed by atoms with Crippen LogP contribution in [0, 0.1) is 11.3 Å². The van der Waals surface area contributed by atoms with E-state index in [-0.39, 0.29) is 12.5 Å². The lowest BCUT2D eigenvalue weighted by atomic mass is 9.81. The molecule has 0 radical (unpaired) electrons. The highest BCUT2D eigenvalue weighted by molar-refractivity contribution is 6.37. The molecule has 46 heavy (non-hydrogen) atoms. The molecular weight excluding hydrogens is 590 g/mol. The molecule has 5 amide bonds. The Kier molecular flexibility index (Phi) is 11.1. The maximum absolute atomic E-state index is 14.0. The van der Waals surface area contributed by atoms with E-state index in [2.05, 4.69) is 16.0 Å². The molecule has 12 nitrogen and oxygen atoms in total. The number of urea groups is 1. The maximum Gasteiger partial charge on any atom is 0.332 e. The van der Waals surface area contributed by atoms with E-state index in [0.29, 0.717) is 32.1 Å². The molecule has 1 aromatic rings. The van der Waals surface area contributed by atoms with Crippen LogP contribution in [0.25, 0.3) is 0 Å². The number of rotatable bonds is 12. The molecule has 4 rings (SSSR count). The van der Waals surface area contributed by atoms with Crippen molar-refractivity contribution < 1.29 is 33.5 Å². The molecule has 4 atom stereocenters. The van der Waals surface area contributed by atoms with Crippen LogP contribution in [0.15, 0.2) is 30.3 Å². The van der Waals surface area contributed by atoms with Crippen LogP contribution in [-0.4, -0.2) is 70.6 Å². The fourth-order valence-electron chi connectivity index (χ4n) is 6.46. The third kappa shape index (κ3) is 8.64. The summed E-state index contributed by atoms with van der Waals surface area (Å²) in [5.74, 6) is -3.20. The van der Waals surface area contributed by atoms with E-state index in [4.69, 9.17) is 10.5 Å². The van der Waals surface area contributed by atoms with Crippen molar-refractivity contribution in [1.82, 2.24) is 20.9 Å². The van der Waals surface area contributed by atoms with Gasteiger partial charge in [0.25, 0.3) is 5.91 Å². The Morgan fingerprint density at radius 3 is 2.20 bits per heavy atom. The van der Waals surface area contributed by atoms with E-state index < -0.39 is 70.7 Å². The van der Waals surface area contributed by atoms with E-state index in [1.165, 1.54) is 4.90 Å². The van der Waals surface area contributed by atoms with Gasteiger partial charge in [0.05, 0.1) is 6.04 Å². The maximum atomic E-state index is 14.0. The highest BCUT2D eigenvalue weighted by Crippen LogP contribution is 2.34. The summed E-state index contributed by atoms with van der Waals surface area (Å²) in [4.78, 5) is 80.1. The number of ether oxygens (including phenoxy) is 1. The van der Waals surface area contributed by atoms with Crippen molar-refractivity contribution in [1.29, 1.82) is 0 Å². The van der Waals surface area contributed by atoms with E-state index in [1.54, 1.807) is 6.92 Å². The molecule has 5 N–H and O–H groups in total. The van der Waals surface area contributed by atoms with Crippen molar-refractivity contribution in [2.45, 2.75) is 122 Å². The molecule has 3 fully saturated rings. The second-order valence-corrected chi connectivity index (χ2v) is 14.2. The van der Waals surface area contributed by atoms with Crippen LogP contribution in [0.4, 0.5) is 4.79 Å². The highest BCUT2D eigenvalue weighted by Gasteiger charge is 2.46. The van der Waals surface area contributed by atoms with Crippen molar-refractivity contribution >= 4 is 35.5 Å². The number of amides is 5. The van der Waals surface area contributed by atoms with E-state index in [0.717, 1.165) is 37.7 Å². The van der Waals surface area contributed by atoms with Crippen molar-refractivity contribution in [3.05, 3.63) is 35.9 Å². The molecular formula is C34H49N5O7. The number of nitrogens with two attached hydrogens (primary N) is 1. The number of hydrogen-bond acceptors (Lipinski definition) is 7. The summed E-state index contributed by atoms with van der Waals surface area (Å²) in [5, 5.41) is 8.38. The number of nitrogens with one attached hydrogen (secondary N) is 3. The van der Waals surface area contributed by atoms with Gasteiger partial charge in [-0.05, 0) is 55.9 Å². The smallest absolute Gasteiger partial charge is 0.332 e. The first kappa shape index (κ1) is 34.9. The van der Waals surface area contributed by atoms with Crippen molar-refractivity contribution in [3.63, 3.8) is 0 Å². The number of hydrogen-bond donors (Lipinski definition) is 4. The first-order chi connectivity index (χ1) is 21.7. The summed E-state index contributed by atoms with van der Waals surface area (Å²) in [7, 11) is 0. The van der Waals surface area contributed by atoms with Crippen LogP contribution < -0.4 is 21.7 Å². The van der Waals surface area contributed by atoms with E-state index >= 15 is 0 Å². The Labute approximate surface area is 270 Å². The van der Waals surface area contributed by atoms with Crippen LogP contribution in [0.2, 0.25) is 0 Å². The van der Waals surface area contributed by atoms with Crippen LogP contribution in [-0.2, 0) is 28.7 Å². The molecule has 3 aliphatic rings. The van der Waals surface area contributed by atoms with Gasteiger partial charge in [0.2, 0.25) is 17.6 Å². The lowest BCUT2D eigenvalue weighted by molar-refractivity contribution is -0.158. The molecule has 1 aliphatic heterocycles. The largest absolute Gasteiger partial charge is 0.456 e. The molecule has 12 heteroatoms. The molecule has 4 unspecified atom stereocenters. The van der Waals surface area contributed by atoms with Gasteiger partial charge >= 0.3 is 12.0 Å². The highest BCUT2D eigenvalue weighted by atomic mass is 16.5. The van der Waals surface area contributed by atoms with Gasteiger partial charge in [-0.1, -0.05) is 83.2 Å². The summed E-state index contributed by atoms with van der Waals surface area (Å²) in [6.45, 7) is 7.51. The van der Waals surface area contributed by atoms with Gasteiger partial charge in [-0.2, -0.15) is 0 Å². The van der Waals surface area contributed by atoms with Crippen LogP contribution in [0.1, 0.15) is 104 Å². The van der Waals surface area contributed by atoms with E-state index in [1.807, 2.05) is 51.1 Å². The van der Waals surface area contributed by atoms with Crippen molar-refractivity contribution in [3.8, 4) is 0 Å². The minimum Gasteiger partial charge on any atom is -0.456 e. The Morgan fingerprint density at radius 2 is 1.61 bits per heavy atom. The third-order valence-corrected chi connectivity index (χ3v) is 9.37. The third-order valence-electron chi connectivity index (χ3n) is 9.37. The lowest BCUT2D eigenvalue weighted by Gasteiger charge is -2.39. The standard InChI is InChI=1S/C34H49N5O7/c1-21(23-12-7-5-8-13-23)46-31(44)34(17-9-6-10-18-34)38-32(45)37-27(33(2,3)4)30(43)39-19-11-14-25(39)29(42)36-24(20-22-15-16-22)26(40)28(35)41/h5,7-8,12-13,21-22,24-25,27H,6,9-11,14-20H2,1-4H3,(H2,35,41)(H,36,42)(H2,37,38,45). The fourth-order valence-corrected chi connectivity index (χ4v) is 6.46. The number of benzene rings is 1. The zero-order valence-electron chi connectivity index (χ0n) is 27.4. The number of carbonyl (C=O) groups is 6. The summed E-state index contributed by atoms with van der Waals surface area (Å²) in [5.41, 5.74) is 4.08. The Bertz CT molecular complexity index is 1300. The molecule has 252 valence electrons. The minimum atomic E-state index is -1.24. The monoisotopic (exact) mass is 639 g/mol. The molecule has 0 bridgehead atoms. The molecule has 2 saturated carbocycles. The topological polar surface area (TPSA) is 177 Å². The SMILES string of the molecule is CC(OC(=O)C1(NC(=O)NC(C(=O)N2CCCC2C(=O)NC(CC2CC2)C(=O)C(N)=O)C(C)(C)C)CCCCC1)c1ccccc1. The van der Waals surface area contributed by atoms with Crippen LogP contribution in [0.5, 0.6) is 0 Å². The second kappa shape index (κ2) is 14.6. The minimum absolute atomic E-state index is 0.245. The second-order valence-electron chi connectivity index (χ2n) is 14.2. The van der Waals surface area contributed by atoms with Gasteiger partial charge < -0.3 is 31.3 Å². The van der Waals surface area contributed by atoms with Gasteiger partial charge in [-0.3, -0.25) is 19.2 Å². The Hall–Kier alpha value is -3.96. The summed E-state index contributed by atoms with van der Waals surface area (Å²) in [6.07, 6.45) is 5.80. The summed E-state index contributed by atoms with van der Waals surface area (Å²) >= 11 is 0. The molecule has 1 saturated heterocycles. The number of nitrogens with zero attached hydrogens (tertiary/aromatic N) is 1. The Morgan fingerprint density at radius 1 is 0.957 bits per heavy atom. The normalized spacial score (nSPS) is 21.3. The van der Waals surface area contributed by atoms with Gasteiger partial charge in [0.1, 0.15) is 23.7 Å². The van der Waals surface area contributed by atoms with E-state index in [9.17, 15) is 28.8 Å². The predicted octanol–water partition coefficient (Wildman–Crippen LogP) is 3.04. The first-order valence-corrected chi connectivity index (χ1v) is 16.5. The number of primary amides is 1. The molecule has 1 heterocycles. The number of carbonyl (C=O) groups excluding carboxylic acids is 6. The lowest BCUT2D eigenvalue weighted by Crippen LogP contribution is -2.64. The Balaban J connectivity index is 1.46. The van der Waals surface area contributed by atoms with Crippen molar-refractivity contribution in [2.75, 3.05) is 6.54 Å². The van der Waals surface area contributed by atoms with Crippen LogP contribution >= 0.6 is 0 Å². The summed E-state index contributed by atoms with van der Waals surface area (Å²) < 4.78 is 5.86.